The van der Waals surface area contributed by atoms with Crippen LogP contribution in [-0.2, 0) is 13.2 Å². The quantitative estimate of drug-likeness (QED) is 0.886. The van der Waals surface area contributed by atoms with Crippen LogP contribution in [-0.4, -0.2) is 7.05 Å². The van der Waals surface area contributed by atoms with Gasteiger partial charge in [-0.25, -0.2) is 8.78 Å². The highest BCUT2D eigenvalue weighted by molar-refractivity contribution is 9.10. The molecule has 5 heteroatoms. The van der Waals surface area contributed by atoms with E-state index in [0.717, 1.165) is 11.1 Å². The summed E-state index contributed by atoms with van der Waals surface area (Å²) in [5.74, 6) is -0.209. The number of hydrogen-bond donors (Lipinski definition) is 1. The van der Waals surface area contributed by atoms with E-state index in [4.69, 9.17) is 4.74 Å². The van der Waals surface area contributed by atoms with Gasteiger partial charge in [0.1, 0.15) is 24.0 Å². The van der Waals surface area contributed by atoms with Gasteiger partial charge in [-0.15, -0.1) is 0 Å². The van der Waals surface area contributed by atoms with Gasteiger partial charge in [-0.1, -0.05) is 6.07 Å². The van der Waals surface area contributed by atoms with Crippen LogP contribution in [0.4, 0.5) is 8.78 Å². The van der Waals surface area contributed by atoms with Crippen LogP contribution < -0.4 is 10.1 Å². The second kappa shape index (κ2) is 6.81. The standard InChI is InChI=1S/C15H14BrF2NO/c1-19-8-11-4-12(17)7-13(5-11)20-9-10-2-3-15(18)14(16)6-10/h2-7,19H,8-9H2,1H3. The molecule has 0 atom stereocenters. The Bertz CT molecular complexity index is 604. The van der Waals surface area contributed by atoms with Crippen molar-refractivity contribution in [3.05, 3.63) is 63.6 Å². The molecule has 0 radical (unpaired) electrons. The first-order chi connectivity index (χ1) is 9.58. The molecule has 0 saturated carbocycles. The number of halogens is 3. The first-order valence-electron chi connectivity index (χ1n) is 6.09. The van der Waals surface area contributed by atoms with Crippen molar-refractivity contribution in [2.45, 2.75) is 13.2 Å². The summed E-state index contributed by atoms with van der Waals surface area (Å²) in [6.07, 6.45) is 0. The molecule has 0 saturated heterocycles. The second-order valence-corrected chi connectivity index (χ2v) is 5.22. The molecule has 106 valence electrons. The van der Waals surface area contributed by atoms with Gasteiger partial charge in [0.25, 0.3) is 0 Å². The van der Waals surface area contributed by atoms with Crippen molar-refractivity contribution in [3.63, 3.8) is 0 Å². The number of nitrogens with one attached hydrogen (secondary N) is 1. The van der Waals surface area contributed by atoms with Crippen molar-refractivity contribution in [2.24, 2.45) is 0 Å². The van der Waals surface area contributed by atoms with Crippen molar-refractivity contribution in [1.29, 1.82) is 0 Å². The monoisotopic (exact) mass is 341 g/mol. The smallest absolute Gasteiger partial charge is 0.137 e. The zero-order chi connectivity index (χ0) is 14.5. The summed E-state index contributed by atoms with van der Waals surface area (Å²) in [6, 6.07) is 9.20. The van der Waals surface area contributed by atoms with Crippen molar-refractivity contribution in [3.8, 4) is 5.75 Å². The fraction of sp³-hybridized carbons (Fsp3) is 0.200. The molecule has 2 rings (SSSR count). The zero-order valence-corrected chi connectivity index (χ0v) is 12.5. The Labute approximate surface area is 124 Å². The lowest BCUT2D eigenvalue weighted by molar-refractivity contribution is 0.304. The van der Waals surface area contributed by atoms with Gasteiger partial charge in [0, 0.05) is 12.6 Å². The molecule has 0 aliphatic carbocycles. The van der Waals surface area contributed by atoms with Gasteiger partial charge in [-0.2, -0.15) is 0 Å². The maximum absolute atomic E-state index is 13.4. The van der Waals surface area contributed by atoms with E-state index in [0.29, 0.717) is 16.8 Å². The Hall–Kier alpha value is -1.46. The van der Waals surface area contributed by atoms with Gasteiger partial charge >= 0.3 is 0 Å². The maximum atomic E-state index is 13.4. The third kappa shape index (κ3) is 4.02. The van der Waals surface area contributed by atoms with E-state index < -0.39 is 0 Å². The lowest BCUT2D eigenvalue weighted by Crippen LogP contribution is -2.06. The van der Waals surface area contributed by atoms with Crippen molar-refractivity contribution in [1.82, 2.24) is 5.32 Å². The first-order valence-corrected chi connectivity index (χ1v) is 6.88. The van der Waals surface area contributed by atoms with E-state index in [-0.39, 0.29) is 18.2 Å². The van der Waals surface area contributed by atoms with Crippen LogP contribution in [0.25, 0.3) is 0 Å². The Morgan fingerprint density at radius 3 is 2.60 bits per heavy atom. The molecule has 2 nitrogen and oxygen atoms in total. The molecule has 0 fully saturated rings. The van der Waals surface area contributed by atoms with Gasteiger partial charge < -0.3 is 10.1 Å². The van der Waals surface area contributed by atoms with E-state index in [1.165, 1.54) is 18.2 Å². The van der Waals surface area contributed by atoms with Gasteiger partial charge in [-0.3, -0.25) is 0 Å². The third-order valence-electron chi connectivity index (χ3n) is 2.70. The summed E-state index contributed by atoms with van der Waals surface area (Å²) in [4.78, 5) is 0. The predicted molar refractivity (Wildman–Crippen MR) is 77.6 cm³/mol. The largest absolute Gasteiger partial charge is 0.489 e. The molecule has 0 amide bonds. The van der Waals surface area contributed by atoms with Crippen LogP contribution in [0.1, 0.15) is 11.1 Å². The summed E-state index contributed by atoms with van der Waals surface area (Å²) in [7, 11) is 1.79. The molecule has 0 bridgehead atoms. The minimum Gasteiger partial charge on any atom is -0.489 e. The van der Waals surface area contributed by atoms with Crippen LogP contribution in [0.2, 0.25) is 0 Å². The lowest BCUT2D eigenvalue weighted by atomic mass is 10.2. The van der Waals surface area contributed by atoms with Crippen molar-refractivity contribution < 1.29 is 13.5 Å². The normalized spacial score (nSPS) is 10.6. The van der Waals surface area contributed by atoms with Crippen LogP contribution in [0, 0.1) is 11.6 Å². The van der Waals surface area contributed by atoms with Gasteiger partial charge in [-0.05, 0) is 58.4 Å². The average Bonchev–Trinajstić information content (AvgIpc) is 2.40. The topological polar surface area (TPSA) is 21.3 Å². The highest BCUT2D eigenvalue weighted by atomic mass is 79.9. The highest BCUT2D eigenvalue weighted by Crippen LogP contribution is 2.20. The Morgan fingerprint density at radius 1 is 1.10 bits per heavy atom. The van der Waals surface area contributed by atoms with Crippen molar-refractivity contribution >= 4 is 15.9 Å². The van der Waals surface area contributed by atoms with Crippen molar-refractivity contribution in [2.75, 3.05) is 7.05 Å². The molecule has 0 heterocycles. The minimum absolute atomic E-state index is 0.251. The predicted octanol–water partition coefficient (Wildman–Crippen LogP) is 4.03. The molecular weight excluding hydrogens is 328 g/mol. The summed E-state index contributed by atoms with van der Waals surface area (Å²) in [6.45, 7) is 0.817. The minimum atomic E-state index is -0.340. The van der Waals surface area contributed by atoms with Crippen LogP contribution in [0.3, 0.4) is 0 Å². The number of rotatable bonds is 5. The van der Waals surface area contributed by atoms with E-state index in [1.54, 1.807) is 25.2 Å². The van der Waals surface area contributed by atoms with Crippen LogP contribution >= 0.6 is 15.9 Å². The fourth-order valence-corrected chi connectivity index (χ4v) is 2.23. The van der Waals surface area contributed by atoms with Crippen LogP contribution in [0.15, 0.2) is 40.9 Å². The summed E-state index contributed by atoms with van der Waals surface area (Å²) >= 11 is 3.12. The Balaban J connectivity index is 2.08. The van der Waals surface area contributed by atoms with E-state index in [9.17, 15) is 8.78 Å². The lowest BCUT2D eigenvalue weighted by Gasteiger charge is -2.09. The molecule has 20 heavy (non-hydrogen) atoms. The number of benzene rings is 2. The average molecular weight is 342 g/mol. The molecule has 0 aromatic heterocycles. The summed E-state index contributed by atoms with van der Waals surface area (Å²) in [5.41, 5.74) is 1.61. The molecule has 2 aromatic carbocycles. The zero-order valence-electron chi connectivity index (χ0n) is 10.9. The van der Waals surface area contributed by atoms with Gasteiger partial charge in [0.05, 0.1) is 4.47 Å². The molecular formula is C15H14BrF2NO. The molecule has 0 unspecified atom stereocenters. The van der Waals surface area contributed by atoms with E-state index in [1.807, 2.05) is 0 Å². The molecule has 1 N–H and O–H groups in total. The Kier molecular flexibility index (Phi) is 5.09. The third-order valence-corrected chi connectivity index (χ3v) is 3.31. The SMILES string of the molecule is CNCc1cc(F)cc(OCc2ccc(F)c(Br)c2)c1. The van der Waals surface area contributed by atoms with Gasteiger partial charge in [0.15, 0.2) is 0 Å². The van der Waals surface area contributed by atoms with Crippen LogP contribution in [0.5, 0.6) is 5.75 Å². The molecule has 2 aromatic rings. The van der Waals surface area contributed by atoms with E-state index >= 15 is 0 Å². The molecule has 0 aliphatic heterocycles. The van der Waals surface area contributed by atoms with E-state index in [2.05, 4.69) is 21.2 Å². The number of ether oxygens (including phenoxy) is 1. The first kappa shape index (κ1) is 14.9. The summed E-state index contributed by atoms with van der Waals surface area (Å²) < 4.78 is 32.5. The molecule has 0 spiro atoms. The summed E-state index contributed by atoms with van der Waals surface area (Å²) in [5, 5.41) is 2.96. The highest BCUT2D eigenvalue weighted by Gasteiger charge is 2.04. The second-order valence-electron chi connectivity index (χ2n) is 4.36. The Morgan fingerprint density at radius 2 is 1.90 bits per heavy atom. The fourth-order valence-electron chi connectivity index (χ4n) is 1.81. The van der Waals surface area contributed by atoms with Gasteiger partial charge in [0.2, 0.25) is 0 Å². The molecule has 0 aliphatic rings. The number of hydrogen-bond acceptors (Lipinski definition) is 2. The maximum Gasteiger partial charge on any atom is 0.137 e.